The van der Waals surface area contributed by atoms with Crippen LogP contribution in [-0.4, -0.2) is 25.8 Å². The molecule has 1 aromatic carbocycles. The first-order valence-electron chi connectivity index (χ1n) is 8.09. The first-order chi connectivity index (χ1) is 12.5. The average molecular weight is 354 g/mol. The van der Waals surface area contributed by atoms with E-state index in [2.05, 4.69) is 15.2 Å². The third-order valence-corrected chi connectivity index (χ3v) is 3.81. The summed E-state index contributed by atoms with van der Waals surface area (Å²) in [5.74, 6) is 0.163. The van der Waals surface area contributed by atoms with Crippen LogP contribution in [0.4, 0.5) is 4.39 Å². The van der Waals surface area contributed by atoms with E-state index in [1.165, 1.54) is 16.8 Å². The molecule has 0 unspecified atom stereocenters. The molecule has 26 heavy (non-hydrogen) atoms. The monoisotopic (exact) mass is 354 g/mol. The zero-order valence-corrected chi connectivity index (χ0v) is 14.8. The molecule has 0 radical (unpaired) electrons. The molecule has 6 nitrogen and oxygen atoms in total. The Morgan fingerprint density at radius 1 is 1.15 bits per heavy atom. The predicted molar refractivity (Wildman–Crippen MR) is 95.1 cm³/mol. The molecule has 0 spiro atoms. The fraction of sp³-hybridized carbons (Fsp3) is 0.211. The second-order valence-corrected chi connectivity index (χ2v) is 5.99. The lowest BCUT2D eigenvalue weighted by atomic mass is 10.2. The lowest BCUT2D eigenvalue weighted by Crippen LogP contribution is -2.19. The van der Waals surface area contributed by atoms with Gasteiger partial charge in [0.15, 0.2) is 0 Å². The normalized spacial score (nSPS) is 11.6. The van der Waals surface area contributed by atoms with Crippen molar-refractivity contribution in [3.8, 4) is 5.88 Å². The van der Waals surface area contributed by atoms with Crippen LogP contribution < -0.4 is 4.74 Å². The summed E-state index contributed by atoms with van der Waals surface area (Å²) in [5, 5.41) is 17.3. The molecule has 0 aliphatic carbocycles. The van der Waals surface area contributed by atoms with Gasteiger partial charge in [-0.2, -0.15) is 5.10 Å². The zero-order valence-electron chi connectivity index (χ0n) is 14.8. The van der Waals surface area contributed by atoms with E-state index in [1.54, 1.807) is 24.3 Å². The van der Waals surface area contributed by atoms with Gasteiger partial charge in [-0.25, -0.2) is 14.1 Å². The number of benzene rings is 1. The maximum Gasteiger partial charge on any atom is 0.225 e. The Morgan fingerprint density at radius 3 is 2.62 bits per heavy atom. The number of pyridine rings is 1. The number of aryl methyl sites for hydroxylation is 3. The minimum atomic E-state index is -0.330. The third kappa shape index (κ3) is 3.72. The molecule has 2 heterocycles. The molecule has 134 valence electrons. The van der Waals surface area contributed by atoms with Crippen molar-refractivity contribution in [2.75, 3.05) is 0 Å². The Labute approximate surface area is 150 Å². The van der Waals surface area contributed by atoms with Crippen molar-refractivity contribution in [2.45, 2.75) is 27.4 Å². The van der Waals surface area contributed by atoms with Crippen LogP contribution in [0, 0.1) is 26.6 Å². The highest BCUT2D eigenvalue weighted by molar-refractivity contribution is 6.01. The highest BCUT2D eigenvalue weighted by atomic mass is 19.1. The van der Waals surface area contributed by atoms with Crippen LogP contribution in [0.1, 0.15) is 28.2 Å². The molecule has 0 aliphatic rings. The first kappa shape index (κ1) is 17.6. The van der Waals surface area contributed by atoms with Gasteiger partial charge < -0.3 is 9.94 Å². The van der Waals surface area contributed by atoms with E-state index in [0.29, 0.717) is 11.1 Å². The van der Waals surface area contributed by atoms with Gasteiger partial charge in [-0.05, 0) is 56.7 Å². The van der Waals surface area contributed by atoms with Gasteiger partial charge >= 0.3 is 0 Å². The molecule has 0 atom stereocenters. The summed E-state index contributed by atoms with van der Waals surface area (Å²) in [6.45, 7) is 5.68. The van der Waals surface area contributed by atoms with Crippen molar-refractivity contribution in [1.29, 1.82) is 0 Å². The van der Waals surface area contributed by atoms with Crippen LogP contribution in [0.5, 0.6) is 5.88 Å². The number of rotatable bonds is 4. The summed E-state index contributed by atoms with van der Waals surface area (Å²) in [6.07, 6.45) is 0. The minimum absolute atomic E-state index is 0.136. The fourth-order valence-electron chi connectivity index (χ4n) is 2.65. The number of halogens is 1. The zero-order chi connectivity index (χ0) is 18.7. The molecule has 0 fully saturated rings. The standard InChI is InChI=1S/C19H19FN4O2/c1-12-7-8-17(18(23-25)24-14(3)9-13(2)22-24)19(21-12)26-11-15-5-4-6-16(20)10-15/h4-10,25H,11H2,1-3H3/b23-18-. The Balaban J connectivity index is 1.96. The van der Waals surface area contributed by atoms with Crippen LogP contribution in [0.15, 0.2) is 47.6 Å². The number of aromatic nitrogens is 3. The molecule has 0 aliphatic heterocycles. The van der Waals surface area contributed by atoms with Gasteiger partial charge in [0, 0.05) is 11.4 Å². The molecule has 0 bridgehead atoms. The second kappa shape index (κ2) is 7.35. The molecule has 2 aromatic heterocycles. The van der Waals surface area contributed by atoms with E-state index in [1.807, 2.05) is 26.8 Å². The summed E-state index contributed by atoms with van der Waals surface area (Å²) in [7, 11) is 0. The quantitative estimate of drug-likeness (QED) is 0.336. The van der Waals surface area contributed by atoms with Crippen molar-refractivity contribution >= 4 is 5.84 Å². The Hall–Kier alpha value is -3.22. The molecule has 0 saturated heterocycles. The van der Waals surface area contributed by atoms with Crippen molar-refractivity contribution in [3.05, 3.63) is 76.5 Å². The van der Waals surface area contributed by atoms with Gasteiger partial charge in [0.05, 0.1) is 11.3 Å². The minimum Gasteiger partial charge on any atom is -0.472 e. The molecular weight excluding hydrogens is 335 g/mol. The smallest absolute Gasteiger partial charge is 0.225 e. The Morgan fingerprint density at radius 2 is 1.96 bits per heavy atom. The first-order valence-corrected chi connectivity index (χ1v) is 8.09. The summed E-state index contributed by atoms with van der Waals surface area (Å²) < 4.78 is 20.7. The van der Waals surface area contributed by atoms with Gasteiger partial charge in [0.1, 0.15) is 12.4 Å². The van der Waals surface area contributed by atoms with Gasteiger partial charge in [0.2, 0.25) is 11.7 Å². The van der Waals surface area contributed by atoms with Crippen molar-refractivity contribution in [2.24, 2.45) is 5.16 Å². The maximum atomic E-state index is 13.4. The van der Waals surface area contributed by atoms with Gasteiger partial charge in [-0.3, -0.25) is 0 Å². The summed E-state index contributed by atoms with van der Waals surface area (Å²) >= 11 is 0. The average Bonchev–Trinajstić information content (AvgIpc) is 2.93. The van der Waals surface area contributed by atoms with Gasteiger partial charge in [0.25, 0.3) is 0 Å². The molecule has 0 amide bonds. The van der Waals surface area contributed by atoms with Crippen molar-refractivity contribution in [3.63, 3.8) is 0 Å². The van der Waals surface area contributed by atoms with Gasteiger partial charge in [-0.15, -0.1) is 0 Å². The Kier molecular flexibility index (Phi) is 4.97. The number of hydrogen-bond acceptors (Lipinski definition) is 5. The van der Waals surface area contributed by atoms with E-state index in [9.17, 15) is 9.60 Å². The van der Waals surface area contributed by atoms with Crippen LogP contribution in [0.3, 0.4) is 0 Å². The molecule has 3 aromatic rings. The number of nitrogens with zero attached hydrogens (tertiary/aromatic N) is 4. The van der Waals surface area contributed by atoms with E-state index in [4.69, 9.17) is 4.74 Å². The predicted octanol–water partition coefficient (Wildman–Crippen LogP) is 3.61. The lowest BCUT2D eigenvalue weighted by Gasteiger charge is -2.13. The lowest BCUT2D eigenvalue weighted by molar-refractivity contribution is 0.290. The van der Waals surface area contributed by atoms with Crippen LogP contribution in [0.2, 0.25) is 0 Å². The Bertz CT molecular complexity index is 966. The molecular formula is C19H19FN4O2. The number of ether oxygens (including phenoxy) is 1. The van der Waals surface area contributed by atoms with Gasteiger partial charge in [-0.1, -0.05) is 17.3 Å². The fourth-order valence-corrected chi connectivity index (χ4v) is 2.65. The second-order valence-electron chi connectivity index (χ2n) is 5.99. The molecule has 7 heteroatoms. The molecule has 0 saturated carbocycles. The van der Waals surface area contributed by atoms with E-state index in [0.717, 1.165) is 17.1 Å². The molecule has 3 rings (SSSR count). The SMILES string of the molecule is Cc1ccc(/C(=N/O)n2nc(C)cc2C)c(OCc2cccc(F)c2)n1. The van der Waals surface area contributed by atoms with E-state index in [-0.39, 0.29) is 24.1 Å². The third-order valence-electron chi connectivity index (χ3n) is 3.81. The summed E-state index contributed by atoms with van der Waals surface area (Å²) in [6, 6.07) is 11.6. The maximum absolute atomic E-state index is 13.4. The number of hydrogen-bond donors (Lipinski definition) is 1. The van der Waals surface area contributed by atoms with Crippen molar-refractivity contribution < 1.29 is 14.3 Å². The number of oxime groups is 1. The topological polar surface area (TPSA) is 72.5 Å². The van der Waals surface area contributed by atoms with E-state index >= 15 is 0 Å². The summed E-state index contributed by atoms with van der Waals surface area (Å²) in [4.78, 5) is 4.39. The van der Waals surface area contributed by atoms with Crippen LogP contribution in [0.25, 0.3) is 0 Å². The highest BCUT2D eigenvalue weighted by Gasteiger charge is 2.18. The van der Waals surface area contributed by atoms with Crippen LogP contribution in [-0.2, 0) is 6.61 Å². The highest BCUT2D eigenvalue weighted by Crippen LogP contribution is 2.21. The molecule has 1 N–H and O–H groups in total. The van der Waals surface area contributed by atoms with Crippen molar-refractivity contribution in [1.82, 2.24) is 14.8 Å². The summed E-state index contributed by atoms with van der Waals surface area (Å²) in [5.41, 5.74) is 3.51. The van der Waals surface area contributed by atoms with Crippen LogP contribution >= 0.6 is 0 Å². The van der Waals surface area contributed by atoms with E-state index < -0.39 is 0 Å². The largest absolute Gasteiger partial charge is 0.472 e.